The molecule has 1 heterocycles. The Morgan fingerprint density at radius 2 is 1.97 bits per heavy atom. The standard InChI is InChI=1S/C19H21ClFNO6S/c1-9(23)12-14(20)22(15(12)24)13(16(25)26)17(29-18(27)19(2,3)4)28-11-7-5-6-10(21)8-11/h5-9,12,14,23H,1-4H3,(H,25,26)/t9-,12-,14-/m1/s1. The highest BCUT2D eigenvalue weighted by molar-refractivity contribution is 8.16. The molecule has 1 aromatic rings. The number of hydrogen-bond acceptors (Lipinski definition) is 6. The molecule has 1 aromatic carbocycles. The van der Waals surface area contributed by atoms with E-state index in [-0.39, 0.29) is 5.75 Å². The van der Waals surface area contributed by atoms with Crippen molar-refractivity contribution < 1.29 is 33.7 Å². The lowest BCUT2D eigenvalue weighted by Gasteiger charge is -2.44. The Labute approximate surface area is 176 Å². The maximum Gasteiger partial charge on any atom is 0.357 e. The third kappa shape index (κ3) is 5.09. The van der Waals surface area contributed by atoms with Gasteiger partial charge < -0.3 is 14.9 Å². The molecule has 10 heteroatoms. The Hall–Kier alpha value is -2.10. The summed E-state index contributed by atoms with van der Waals surface area (Å²) in [6.07, 6.45) is -1.09. The molecule has 3 atom stereocenters. The van der Waals surface area contributed by atoms with Crippen LogP contribution in [0.25, 0.3) is 0 Å². The number of benzene rings is 1. The van der Waals surface area contributed by atoms with Gasteiger partial charge >= 0.3 is 5.97 Å². The normalized spacial score (nSPS) is 21.2. The summed E-state index contributed by atoms with van der Waals surface area (Å²) in [5, 5.41) is 18.6. The number of likely N-dealkylation sites (tertiary alicyclic amines) is 1. The zero-order valence-electron chi connectivity index (χ0n) is 16.2. The quantitative estimate of drug-likeness (QED) is 0.228. The molecule has 1 fully saturated rings. The highest BCUT2D eigenvalue weighted by Gasteiger charge is 2.53. The van der Waals surface area contributed by atoms with E-state index in [4.69, 9.17) is 16.3 Å². The van der Waals surface area contributed by atoms with Crippen molar-refractivity contribution >= 4 is 40.4 Å². The molecule has 1 amide bonds. The van der Waals surface area contributed by atoms with E-state index < -0.39 is 56.5 Å². The molecule has 0 unspecified atom stereocenters. The summed E-state index contributed by atoms with van der Waals surface area (Å²) in [7, 11) is 0. The van der Waals surface area contributed by atoms with E-state index in [1.54, 1.807) is 20.8 Å². The monoisotopic (exact) mass is 445 g/mol. The number of carboxylic acids is 1. The fourth-order valence-electron chi connectivity index (χ4n) is 2.43. The molecule has 0 radical (unpaired) electrons. The number of halogens is 2. The van der Waals surface area contributed by atoms with Crippen molar-refractivity contribution in [3.05, 3.63) is 40.9 Å². The third-order valence-corrected chi connectivity index (χ3v) is 5.75. The molecule has 0 aromatic heterocycles. The van der Waals surface area contributed by atoms with Crippen LogP contribution < -0.4 is 4.74 Å². The molecule has 1 aliphatic heterocycles. The molecule has 2 N–H and O–H groups in total. The molecule has 0 bridgehead atoms. The minimum absolute atomic E-state index is 0.0564. The number of carbonyl (C=O) groups is 3. The number of β-lactam (4-membered cyclic amide) rings is 1. The second-order valence-corrected chi connectivity index (χ2v) is 8.88. The van der Waals surface area contributed by atoms with Crippen molar-refractivity contribution in [3.8, 4) is 5.75 Å². The van der Waals surface area contributed by atoms with Gasteiger partial charge in [-0.1, -0.05) is 38.4 Å². The van der Waals surface area contributed by atoms with Gasteiger partial charge in [0.05, 0.1) is 12.0 Å². The second-order valence-electron chi connectivity index (χ2n) is 7.49. The number of rotatable bonds is 6. The molecule has 0 spiro atoms. The van der Waals surface area contributed by atoms with Gasteiger partial charge in [-0.3, -0.25) is 14.5 Å². The van der Waals surface area contributed by atoms with Crippen LogP contribution in [0.5, 0.6) is 5.75 Å². The number of ether oxygens (including phenoxy) is 1. The van der Waals surface area contributed by atoms with Crippen molar-refractivity contribution in [1.82, 2.24) is 4.90 Å². The van der Waals surface area contributed by atoms with Crippen molar-refractivity contribution in [2.45, 2.75) is 39.3 Å². The van der Waals surface area contributed by atoms with Crippen LogP contribution in [0.1, 0.15) is 27.7 Å². The Balaban J connectivity index is 2.54. The number of alkyl halides is 1. The minimum atomic E-state index is -1.56. The highest BCUT2D eigenvalue weighted by Crippen LogP contribution is 2.40. The van der Waals surface area contributed by atoms with Gasteiger partial charge in [0.15, 0.2) is 10.8 Å². The van der Waals surface area contributed by atoms with Crippen LogP contribution in [0, 0.1) is 17.2 Å². The van der Waals surface area contributed by atoms with Crippen LogP contribution in [0.3, 0.4) is 0 Å². The number of aliphatic hydroxyl groups is 1. The number of carboxylic acid groups (broad SMARTS) is 1. The highest BCUT2D eigenvalue weighted by atomic mass is 35.5. The largest absolute Gasteiger partial charge is 0.476 e. The first-order chi connectivity index (χ1) is 13.3. The van der Waals surface area contributed by atoms with Crippen molar-refractivity contribution in [3.63, 3.8) is 0 Å². The molecular formula is C19H21ClFNO6S. The summed E-state index contributed by atoms with van der Waals surface area (Å²) in [4.78, 5) is 37.7. The van der Waals surface area contributed by atoms with Gasteiger partial charge in [-0.15, -0.1) is 0 Å². The lowest BCUT2D eigenvalue weighted by atomic mass is 9.92. The van der Waals surface area contributed by atoms with Gasteiger partial charge in [0, 0.05) is 11.5 Å². The fraction of sp³-hybridized carbons (Fsp3) is 0.421. The van der Waals surface area contributed by atoms with Gasteiger partial charge in [-0.25, -0.2) is 9.18 Å². The van der Waals surface area contributed by atoms with Gasteiger partial charge in [0.1, 0.15) is 17.1 Å². The van der Waals surface area contributed by atoms with Crippen molar-refractivity contribution in [2.24, 2.45) is 11.3 Å². The van der Waals surface area contributed by atoms with Crippen LogP contribution in [0.4, 0.5) is 4.39 Å². The molecule has 7 nitrogen and oxygen atoms in total. The van der Waals surface area contributed by atoms with E-state index in [2.05, 4.69) is 0 Å². The number of nitrogens with zero attached hydrogens (tertiary/aromatic N) is 1. The molecule has 0 saturated carbocycles. The van der Waals surface area contributed by atoms with Gasteiger partial charge in [0.25, 0.3) is 0 Å². The van der Waals surface area contributed by atoms with Crippen LogP contribution in [-0.2, 0) is 14.4 Å². The lowest BCUT2D eigenvalue weighted by Crippen LogP contribution is -2.62. The van der Waals surface area contributed by atoms with E-state index in [9.17, 15) is 29.0 Å². The summed E-state index contributed by atoms with van der Waals surface area (Å²) in [6, 6.07) is 4.90. The second kappa shape index (κ2) is 8.73. The number of thioether (sulfide) groups is 1. The van der Waals surface area contributed by atoms with Crippen LogP contribution >= 0.6 is 23.4 Å². The van der Waals surface area contributed by atoms with Crippen LogP contribution in [-0.4, -0.2) is 43.7 Å². The zero-order valence-corrected chi connectivity index (χ0v) is 17.8. The minimum Gasteiger partial charge on any atom is -0.476 e. The Morgan fingerprint density at radius 3 is 2.41 bits per heavy atom. The van der Waals surface area contributed by atoms with E-state index >= 15 is 0 Å². The first-order valence-corrected chi connectivity index (χ1v) is 9.88. The summed E-state index contributed by atoms with van der Waals surface area (Å²) in [5.41, 5.74) is -2.66. The number of carbonyl (C=O) groups excluding carboxylic acids is 2. The number of aliphatic hydroxyl groups excluding tert-OH is 1. The predicted molar refractivity (Wildman–Crippen MR) is 105 cm³/mol. The van der Waals surface area contributed by atoms with Gasteiger partial charge in [0.2, 0.25) is 11.0 Å². The molecule has 1 aliphatic rings. The maximum absolute atomic E-state index is 13.5. The Morgan fingerprint density at radius 1 is 1.34 bits per heavy atom. The summed E-state index contributed by atoms with van der Waals surface area (Å²) in [6.45, 7) is 6.25. The van der Waals surface area contributed by atoms with Gasteiger partial charge in [-0.05, 0) is 30.8 Å². The topological polar surface area (TPSA) is 104 Å². The molecule has 29 heavy (non-hydrogen) atoms. The average Bonchev–Trinajstić information content (AvgIpc) is 2.57. The first kappa shape index (κ1) is 23.2. The maximum atomic E-state index is 13.5. The average molecular weight is 446 g/mol. The first-order valence-electron chi connectivity index (χ1n) is 8.63. The summed E-state index contributed by atoms with van der Waals surface area (Å²) in [5.74, 6) is -3.96. The Bertz CT molecular complexity index is 867. The Kier molecular flexibility index (Phi) is 6.97. The van der Waals surface area contributed by atoms with E-state index in [1.807, 2.05) is 0 Å². The van der Waals surface area contributed by atoms with Crippen LogP contribution in [0.2, 0.25) is 0 Å². The molecule has 0 aliphatic carbocycles. The van der Waals surface area contributed by atoms with Gasteiger partial charge in [-0.2, -0.15) is 0 Å². The summed E-state index contributed by atoms with van der Waals surface area (Å²) < 4.78 is 19.0. The number of aliphatic carboxylic acids is 1. The van der Waals surface area contributed by atoms with E-state index in [0.29, 0.717) is 11.8 Å². The fourth-order valence-corrected chi connectivity index (χ4v) is 3.84. The van der Waals surface area contributed by atoms with Crippen molar-refractivity contribution in [1.29, 1.82) is 0 Å². The molecule has 1 saturated heterocycles. The predicted octanol–water partition coefficient (Wildman–Crippen LogP) is 3.17. The summed E-state index contributed by atoms with van der Waals surface area (Å²) >= 11 is 6.63. The van der Waals surface area contributed by atoms with E-state index in [0.717, 1.165) is 11.0 Å². The third-order valence-electron chi connectivity index (χ3n) is 4.03. The molecule has 2 rings (SSSR count). The number of hydrogen-bond donors (Lipinski definition) is 2. The van der Waals surface area contributed by atoms with Crippen LogP contribution in [0.15, 0.2) is 35.1 Å². The van der Waals surface area contributed by atoms with E-state index in [1.165, 1.54) is 25.1 Å². The molecular weight excluding hydrogens is 425 g/mol. The zero-order chi connectivity index (χ0) is 22.1. The van der Waals surface area contributed by atoms with Crippen molar-refractivity contribution in [2.75, 3.05) is 0 Å². The SMILES string of the molecule is C[C@@H](O)[C@H]1C(=O)N(C(C(=O)O)=C(Oc2cccc(F)c2)SC(=O)C(C)(C)C)[C@H]1Cl. The lowest BCUT2D eigenvalue weighted by molar-refractivity contribution is -0.158. The smallest absolute Gasteiger partial charge is 0.357 e. The number of amides is 1. The molecule has 158 valence electrons.